The van der Waals surface area contributed by atoms with Gasteiger partial charge in [-0.3, -0.25) is 0 Å². The van der Waals surface area contributed by atoms with Gasteiger partial charge < -0.3 is 11.1 Å². The van der Waals surface area contributed by atoms with Crippen LogP contribution in [0.4, 0.5) is 5.82 Å². The van der Waals surface area contributed by atoms with Crippen LogP contribution in [-0.2, 0) is 10.0 Å². The fourth-order valence-electron chi connectivity index (χ4n) is 1.03. The van der Waals surface area contributed by atoms with Crippen LogP contribution in [0.25, 0.3) is 0 Å². The molecule has 0 unspecified atom stereocenters. The van der Waals surface area contributed by atoms with E-state index >= 15 is 0 Å². The number of sulfonamides is 1. The summed E-state index contributed by atoms with van der Waals surface area (Å²) in [5.41, 5.74) is 5.25. The fraction of sp³-hybridized carbons (Fsp3) is 0. The topological polar surface area (TPSA) is 97.4 Å². The first-order valence-corrected chi connectivity index (χ1v) is 5.34. The molecule has 0 aromatic carbocycles. The molecule has 6 nitrogen and oxygen atoms in total. The molecule has 0 aliphatic carbocycles. The van der Waals surface area contributed by atoms with E-state index in [9.17, 15) is 8.42 Å². The minimum absolute atomic E-state index is 0.0702. The van der Waals surface area contributed by atoms with Gasteiger partial charge in [0, 0.05) is 6.20 Å². The third-order valence-electron chi connectivity index (χ3n) is 1.56. The van der Waals surface area contributed by atoms with Gasteiger partial charge in [-0.1, -0.05) is 11.6 Å². The van der Waals surface area contributed by atoms with E-state index in [2.05, 4.69) is 14.7 Å². The van der Waals surface area contributed by atoms with Crippen molar-refractivity contribution in [2.45, 2.75) is 4.90 Å². The minimum Gasteiger partial charge on any atom is -0.369 e. The van der Waals surface area contributed by atoms with Crippen molar-refractivity contribution in [3.63, 3.8) is 0 Å². The molecule has 8 heteroatoms. The van der Waals surface area contributed by atoms with Gasteiger partial charge in [0.2, 0.25) is 5.96 Å². The van der Waals surface area contributed by atoms with Crippen LogP contribution in [0.5, 0.6) is 0 Å². The molecular weight excluding hydrogens is 228 g/mol. The number of hydrogen-bond acceptors (Lipinski definition) is 5. The van der Waals surface area contributed by atoms with Crippen molar-refractivity contribution in [1.82, 2.24) is 4.98 Å². The summed E-state index contributed by atoms with van der Waals surface area (Å²) in [6.45, 7) is 0. The van der Waals surface area contributed by atoms with Gasteiger partial charge in [-0.05, 0) is 6.07 Å². The Morgan fingerprint density at radius 2 is 2.21 bits per heavy atom. The van der Waals surface area contributed by atoms with Gasteiger partial charge in [-0.2, -0.15) is 8.42 Å². The van der Waals surface area contributed by atoms with E-state index in [0.717, 1.165) is 0 Å². The van der Waals surface area contributed by atoms with Crippen molar-refractivity contribution < 1.29 is 8.42 Å². The molecule has 1 aliphatic heterocycles. The molecule has 0 atom stereocenters. The van der Waals surface area contributed by atoms with Crippen molar-refractivity contribution in [2.24, 2.45) is 10.1 Å². The van der Waals surface area contributed by atoms with Gasteiger partial charge in [-0.15, -0.1) is 4.40 Å². The van der Waals surface area contributed by atoms with E-state index in [0.29, 0.717) is 0 Å². The molecule has 14 heavy (non-hydrogen) atoms. The zero-order valence-corrected chi connectivity index (χ0v) is 8.30. The highest BCUT2D eigenvalue weighted by molar-refractivity contribution is 7.90. The van der Waals surface area contributed by atoms with Gasteiger partial charge in [0.25, 0.3) is 10.0 Å². The van der Waals surface area contributed by atoms with E-state index in [1.54, 1.807) is 0 Å². The molecule has 1 aromatic rings. The number of guanidine groups is 1. The van der Waals surface area contributed by atoms with E-state index in [1.165, 1.54) is 12.3 Å². The number of nitrogens with one attached hydrogen (secondary N) is 1. The van der Waals surface area contributed by atoms with Gasteiger partial charge in [0.05, 0.1) is 5.02 Å². The Hall–Kier alpha value is -1.34. The highest BCUT2D eigenvalue weighted by Gasteiger charge is 2.24. The maximum atomic E-state index is 11.4. The summed E-state index contributed by atoms with van der Waals surface area (Å²) in [4.78, 5) is 3.71. The molecule has 3 N–H and O–H groups in total. The molecular formula is C6H5ClN4O2S. The maximum absolute atomic E-state index is 11.4. The second-order valence-corrected chi connectivity index (χ2v) is 4.59. The SMILES string of the molecule is NC1=NS(=O)(=O)c2cc(Cl)cnc2N1. The number of pyridine rings is 1. The average molecular weight is 233 g/mol. The number of hydrogen-bond donors (Lipinski definition) is 2. The molecule has 0 radical (unpaired) electrons. The third-order valence-corrected chi connectivity index (χ3v) is 3.07. The van der Waals surface area contributed by atoms with Crippen molar-refractivity contribution in [3.05, 3.63) is 17.3 Å². The van der Waals surface area contributed by atoms with Crippen LogP contribution in [0, 0.1) is 0 Å². The lowest BCUT2D eigenvalue weighted by Gasteiger charge is -2.13. The summed E-state index contributed by atoms with van der Waals surface area (Å²) in [7, 11) is -3.76. The summed E-state index contributed by atoms with van der Waals surface area (Å²) >= 11 is 5.61. The second kappa shape index (κ2) is 2.82. The number of halogens is 1. The van der Waals surface area contributed by atoms with Crippen molar-refractivity contribution >= 4 is 33.4 Å². The predicted octanol–water partition coefficient (Wildman–Crippen LogP) is 0.164. The normalized spacial score (nSPS) is 17.9. The Morgan fingerprint density at radius 1 is 1.50 bits per heavy atom. The van der Waals surface area contributed by atoms with Crippen LogP contribution in [0.1, 0.15) is 0 Å². The molecule has 0 spiro atoms. The molecule has 0 bridgehead atoms. The van der Waals surface area contributed by atoms with Gasteiger partial charge in [-0.25, -0.2) is 4.98 Å². The van der Waals surface area contributed by atoms with Crippen LogP contribution in [0.15, 0.2) is 21.6 Å². The van der Waals surface area contributed by atoms with Crippen molar-refractivity contribution in [3.8, 4) is 0 Å². The van der Waals surface area contributed by atoms with Crippen LogP contribution in [0.2, 0.25) is 5.02 Å². The average Bonchev–Trinajstić information content (AvgIpc) is 2.05. The first-order chi connectivity index (χ1) is 6.49. The Bertz CT molecular complexity index is 525. The number of fused-ring (bicyclic) bond motifs is 1. The first-order valence-electron chi connectivity index (χ1n) is 3.52. The second-order valence-electron chi connectivity index (χ2n) is 2.58. The maximum Gasteiger partial charge on any atom is 0.289 e. The molecule has 74 valence electrons. The van der Waals surface area contributed by atoms with Crippen LogP contribution < -0.4 is 11.1 Å². The predicted molar refractivity (Wildman–Crippen MR) is 51.7 cm³/mol. The number of aromatic nitrogens is 1. The molecule has 2 heterocycles. The number of anilines is 1. The van der Waals surface area contributed by atoms with Gasteiger partial charge >= 0.3 is 0 Å². The van der Waals surface area contributed by atoms with Crippen LogP contribution in [0.3, 0.4) is 0 Å². The Morgan fingerprint density at radius 3 is 2.93 bits per heavy atom. The Kier molecular flexibility index (Phi) is 1.86. The summed E-state index contributed by atoms with van der Waals surface area (Å²) in [5, 5.41) is 2.75. The lowest BCUT2D eigenvalue weighted by atomic mass is 10.4. The Balaban J connectivity index is 2.73. The monoisotopic (exact) mass is 232 g/mol. The lowest BCUT2D eigenvalue weighted by molar-refractivity contribution is 0.597. The molecule has 1 aromatic heterocycles. The standard InChI is InChI=1S/C6H5ClN4O2S/c7-3-1-4-5(9-2-3)10-6(8)11-14(4,12)13/h1-2H,(H3,8,9,10,11). The quantitative estimate of drug-likeness (QED) is 0.664. The highest BCUT2D eigenvalue weighted by atomic mass is 35.5. The van der Waals surface area contributed by atoms with Gasteiger partial charge in [0.15, 0.2) is 5.82 Å². The summed E-state index contributed by atoms with van der Waals surface area (Å²) in [5.74, 6) is -0.0609. The summed E-state index contributed by atoms with van der Waals surface area (Å²) in [6.07, 6.45) is 1.32. The zero-order chi connectivity index (χ0) is 10.3. The first kappa shape index (κ1) is 9.22. The largest absolute Gasteiger partial charge is 0.369 e. The molecule has 2 rings (SSSR count). The summed E-state index contributed by atoms with van der Waals surface area (Å²) in [6, 6.07) is 1.27. The number of nitrogens with zero attached hydrogens (tertiary/aromatic N) is 2. The van der Waals surface area contributed by atoms with E-state index in [-0.39, 0.29) is 21.7 Å². The van der Waals surface area contributed by atoms with Crippen LogP contribution in [-0.4, -0.2) is 19.4 Å². The van der Waals surface area contributed by atoms with E-state index in [1.807, 2.05) is 0 Å². The smallest absolute Gasteiger partial charge is 0.289 e. The number of rotatable bonds is 0. The van der Waals surface area contributed by atoms with Crippen molar-refractivity contribution in [1.29, 1.82) is 0 Å². The van der Waals surface area contributed by atoms with E-state index < -0.39 is 10.0 Å². The molecule has 1 aliphatic rings. The number of nitrogens with two attached hydrogens (primary N) is 1. The molecule has 0 amide bonds. The Labute approximate surface area is 84.9 Å². The highest BCUT2D eigenvalue weighted by Crippen LogP contribution is 2.26. The van der Waals surface area contributed by atoms with E-state index in [4.69, 9.17) is 17.3 Å². The summed E-state index contributed by atoms with van der Waals surface area (Å²) < 4.78 is 26.1. The lowest BCUT2D eigenvalue weighted by Crippen LogP contribution is -2.29. The van der Waals surface area contributed by atoms with Gasteiger partial charge in [0.1, 0.15) is 4.90 Å². The molecule has 0 fully saturated rings. The molecule has 0 saturated carbocycles. The zero-order valence-electron chi connectivity index (χ0n) is 6.73. The van der Waals surface area contributed by atoms with Crippen LogP contribution >= 0.6 is 11.6 Å². The third kappa shape index (κ3) is 1.40. The van der Waals surface area contributed by atoms with Crippen molar-refractivity contribution in [2.75, 3.05) is 5.32 Å². The molecule has 0 saturated heterocycles. The minimum atomic E-state index is -3.76. The fourth-order valence-corrected chi connectivity index (χ4v) is 2.28.